The second kappa shape index (κ2) is 7.18. The number of rotatable bonds is 5. The van der Waals surface area contributed by atoms with Crippen LogP contribution < -0.4 is 0 Å². The summed E-state index contributed by atoms with van der Waals surface area (Å²) in [5.41, 5.74) is 1.52. The van der Waals surface area contributed by atoms with Gasteiger partial charge in [-0.1, -0.05) is 12.1 Å². The van der Waals surface area contributed by atoms with E-state index < -0.39 is 5.41 Å². The zero-order chi connectivity index (χ0) is 17.0. The van der Waals surface area contributed by atoms with E-state index in [0.717, 1.165) is 11.3 Å². The van der Waals surface area contributed by atoms with Gasteiger partial charge in [-0.25, -0.2) is 4.39 Å². The third kappa shape index (κ3) is 3.67. The number of carbonyl (C=O) groups is 1. The molecule has 1 N–H and O–H groups in total. The smallest absolute Gasteiger partial charge is 0.229 e. The molecule has 0 atom stereocenters. The minimum absolute atomic E-state index is 0.129. The molecule has 2 aromatic rings. The monoisotopic (exact) mass is 330 g/mol. The number of nitrogens with one attached hydrogen (secondary N) is 1. The lowest BCUT2D eigenvalue weighted by Gasteiger charge is -2.38. The molecule has 2 heterocycles. The Morgan fingerprint density at radius 3 is 2.58 bits per heavy atom. The summed E-state index contributed by atoms with van der Waals surface area (Å²) in [7, 11) is 1.84. The highest BCUT2D eigenvalue weighted by atomic mass is 19.1. The average Bonchev–Trinajstić information content (AvgIpc) is 3.10. The van der Waals surface area contributed by atoms with Gasteiger partial charge < -0.3 is 14.6 Å². The summed E-state index contributed by atoms with van der Waals surface area (Å²) in [6.45, 7) is 1.73. The Kier molecular flexibility index (Phi) is 5.00. The standard InChI is InChI=1S/C19H23FN2O2/c1-22(14-17-3-2-10-21-17)18(23)19(8-11-24-12-9-19)13-15-4-6-16(20)7-5-15/h2-7,10,21H,8-9,11-14H2,1H3. The second-order valence-electron chi connectivity index (χ2n) is 6.55. The fourth-order valence-corrected chi connectivity index (χ4v) is 3.42. The highest BCUT2D eigenvalue weighted by molar-refractivity contribution is 5.83. The first-order valence-electron chi connectivity index (χ1n) is 8.29. The lowest BCUT2D eigenvalue weighted by atomic mass is 9.74. The van der Waals surface area contributed by atoms with Gasteiger partial charge in [0.25, 0.3) is 0 Å². The van der Waals surface area contributed by atoms with E-state index in [9.17, 15) is 9.18 Å². The first-order chi connectivity index (χ1) is 11.6. The van der Waals surface area contributed by atoms with Crippen LogP contribution in [0.2, 0.25) is 0 Å². The van der Waals surface area contributed by atoms with Crippen LogP contribution in [0.4, 0.5) is 4.39 Å². The number of hydrogen-bond acceptors (Lipinski definition) is 2. The largest absolute Gasteiger partial charge is 0.381 e. The lowest BCUT2D eigenvalue weighted by molar-refractivity contribution is -0.147. The van der Waals surface area contributed by atoms with Gasteiger partial charge in [0.15, 0.2) is 0 Å². The van der Waals surface area contributed by atoms with Crippen molar-refractivity contribution in [1.29, 1.82) is 0 Å². The number of H-pyrrole nitrogens is 1. The minimum atomic E-state index is -0.475. The Hall–Kier alpha value is -2.14. The predicted octanol–water partition coefficient (Wildman–Crippen LogP) is 3.15. The number of aromatic amines is 1. The third-order valence-electron chi connectivity index (χ3n) is 4.78. The van der Waals surface area contributed by atoms with Crippen molar-refractivity contribution in [3.8, 4) is 0 Å². The summed E-state index contributed by atoms with van der Waals surface area (Å²) in [5.74, 6) is -0.125. The molecular weight excluding hydrogens is 307 g/mol. The summed E-state index contributed by atoms with van der Waals surface area (Å²) in [6.07, 6.45) is 3.86. The van der Waals surface area contributed by atoms with Crippen LogP contribution in [0.5, 0.6) is 0 Å². The molecular formula is C19H23FN2O2. The molecule has 5 heteroatoms. The Morgan fingerprint density at radius 2 is 1.96 bits per heavy atom. The summed E-state index contributed by atoms with van der Waals surface area (Å²) in [4.78, 5) is 18.1. The zero-order valence-corrected chi connectivity index (χ0v) is 13.9. The van der Waals surface area contributed by atoms with Crippen LogP contribution >= 0.6 is 0 Å². The number of ether oxygens (including phenoxy) is 1. The number of nitrogens with zero attached hydrogens (tertiary/aromatic N) is 1. The molecule has 1 saturated heterocycles. The first-order valence-corrected chi connectivity index (χ1v) is 8.29. The van der Waals surface area contributed by atoms with Crippen LogP contribution in [0.1, 0.15) is 24.1 Å². The maximum Gasteiger partial charge on any atom is 0.229 e. The maximum atomic E-state index is 13.2. The Bertz CT molecular complexity index is 661. The van der Waals surface area contributed by atoms with Crippen molar-refractivity contribution < 1.29 is 13.9 Å². The van der Waals surface area contributed by atoms with Gasteiger partial charge in [-0.15, -0.1) is 0 Å². The molecule has 4 nitrogen and oxygen atoms in total. The van der Waals surface area contributed by atoms with Crippen molar-refractivity contribution in [1.82, 2.24) is 9.88 Å². The molecule has 0 unspecified atom stereocenters. The second-order valence-corrected chi connectivity index (χ2v) is 6.55. The molecule has 0 bridgehead atoms. The molecule has 3 rings (SSSR count). The van der Waals surface area contributed by atoms with Crippen molar-refractivity contribution >= 4 is 5.91 Å². The van der Waals surface area contributed by atoms with Gasteiger partial charge in [0, 0.05) is 32.2 Å². The van der Waals surface area contributed by atoms with E-state index in [2.05, 4.69) is 4.98 Å². The van der Waals surface area contributed by atoms with E-state index >= 15 is 0 Å². The Labute approximate surface area is 141 Å². The molecule has 1 amide bonds. The fourth-order valence-electron chi connectivity index (χ4n) is 3.42. The summed E-state index contributed by atoms with van der Waals surface area (Å²) >= 11 is 0. The van der Waals surface area contributed by atoms with Gasteiger partial charge in [0.05, 0.1) is 12.0 Å². The van der Waals surface area contributed by atoms with Crippen LogP contribution in [0.3, 0.4) is 0 Å². The quantitative estimate of drug-likeness (QED) is 0.915. The molecule has 1 fully saturated rings. The van der Waals surface area contributed by atoms with Crippen molar-refractivity contribution in [3.05, 3.63) is 59.7 Å². The molecule has 1 aliphatic heterocycles. The molecule has 0 saturated carbocycles. The molecule has 0 radical (unpaired) electrons. The molecule has 24 heavy (non-hydrogen) atoms. The molecule has 128 valence electrons. The van der Waals surface area contributed by atoms with Crippen molar-refractivity contribution in [2.24, 2.45) is 5.41 Å². The normalized spacial score (nSPS) is 16.8. The van der Waals surface area contributed by atoms with E-state index in [4.69, 9.17) is 4.74 Å². The highest BCUT2D eigenvalue weighted by Gasteiger charge is 2.41. The van der Waals surface area contributed by atoms with Crippen LogP contribution in [0.25, 0.3) is 0 Å². The summed E-state index contributed by atoms with van der Waals surface area (Å²) in [5, 5.41) is 0. The lowest BCUT2D eigenvalue weighted by Crippen LogP contribution is -2.46. The van der Waals surface area contributed by atoms with Gasteiger partial charge in [0.2, 0.25) is 5.91 Å². The van der Waals surface area contributed by atoms with E-state index in [0.29, 0.717) is 39.0 Å². The highest BCUT2D eigenvalue weighted by Crippen LogP contribution is 2.36. The number of carbonyl (C=O) groups excluding carboxylic acids is 1. The van der Waals surface area contributed by atoms with Gasteiger partial charge >= 0.3 is 0 Å². The molecule has 0 spiro atoms. The van der Waals surface area contributed by atoms with Gasteiger partial charge in [-0.3, -0.25) is 4.79 Å². The van der Waals surface area contributed by atoms with Crippen LogP contribution in [0.15, 0.2) is 42.6 Å². The molecule has 1 aromatic heterocycles. The van der Waals surface area contributed by atoms with Crippen molar-refractivity contribution in [2.75, 3.05) is 20.3 Å². The predicted molar refractivity (Wildman–Crippen MR) is 89.9 cm³/mol. The third-order valence-corrected chi connectivity index (χ3v) is 4.78. The van der Waals surface area contributed by atoms with Crippen molar-refractivity contribution in [3.63, 3.8) is 0 Å². The van der Waals surface area contributed by atoms with E-state index in [-0.39, 0.29) is 11.7 Å². The van der Waals surface area contributed by atoms with Gasteiger partial charge in [0.1, 0.15) is 5.82 Å². The SMILES string of the molecule is CN(Cc1ccc[nH]1)C(=O)C1(Cc2ccc(F)cc2)CCOCC1. The average molecular weight is 330 g/mol. The maximum absolute atomic E-state index is 13.2. The summed E-state index contributed by atoms with van der Waals surface area (Å²) < 4.78 is 18.6. The fraction of sp³-hybridized carbons (Fsp3) is 0.421. The number of aromatic nitrogens is 1. The molecule has 0 aliphatic carbocycles. The van der Waals surface area contributed by atoms with Crippen LogP contribution in [0, 0.1) is 11.2 Å². The summed E-state index contributed by atoms with van der Waals surface area (Å²) in [6, 6.07) is 10.3. The van der Waals surface area contributed by atoms with E-state index in [1.807, 2.05) is 25.4 Å². The Morgan fingerprint density at radius 1 is 1.25 bits per heavy atom. The number of halogens is 1. The zero-order valence-electron chi connectivity index (χ0n) is 13.9. The molecule has 1 aliphatic rings. The molecule has 1 aromatic carbocycles. The first kappa shape index (κ1) is 16.7. The number of amides is 1. The van der Waals surface area contributed by atoms with E-state index in [1.165, 1.54) is 12.1 Å². The Balaban J connectivity index is 1.79. The number of benzene rings is 1. The topological polar surface area (TPSA) is 45.3 Å². The van der Waals surface area contributed by atoms with Crippen molar-refractivity contribution in [2.45, 2.75) is 25.8 Å². The van der Waals surface area contributed by atoms with Gasteiger partial charge in [-0.05, 0) is 49.1 Å². The minimum Gasteiger partial charge on any atom is -0.381 e. The number of hydrogen-bond donors (Lipinski definition) is 1. The van der Waals surface area contributed by atoms with Crippen LogP contribution in [-0.4, -0.2) is 36.1 Å². The van der Waals surface area contributed by atoms with Crippen LogP contribution in [-0.2, 0) is 22.5 Å². The van der Waals surface area contributed by atoms with Gasteiger partial charge in [-0.2, -0.15) is 0 Å². The van der Waals surface area contributed by atoms with E-state index in [1.54, 1.807) is 17.0 Å².